The Morgan fingerprint density at radius 3 is 2.94 bits per heavy atom. The monoisotopic (exact) mass is 243 g/mol. The molecule has 18 heavy (non-hydrogen) atoms. The predicted octanol–water partition coefficient (Wildman–Crippen LogP) is 2.34. The van der Waals surface area contributed by atoms with Crippen LogP contribution in [-0.4, -0.2) is 23.3 Å². The molecule has 3 aliphatic heterocycles. The van der Waals surface area contributed by atoms with E-state index >= 15 is 0 Å². The van der Waals surface area contributed by atoms with Gasteiger partial charge in [-0.2, -0.15) is 0 Å². The number of aromatic nitrogens is 1. The summed E-state index contributed by atoms with van der Waals surface area (Å²) in [6.45, 7) is 2.84. The molecule has 2 aromatic rings. The molecule has 4 heterocycles. The van der Waals surface area contributed by atoms with E-state index < -0.39 is 0 Å². The third-order valence-electron chi connectivity index (χ3n) is 4.43. The minimum atomic E-state index is 0.487. The van der Waals surface area contributed by atoms with Crippen LogP contribution in [0.5, 0.6) is 0 Å². The Bertz CT molecular complexity index is 596. The number of hydrogen-bond acceptors (Lipinski definition) is 3. The average molecular weight is 243 g/mol. The third kappa shape index (κ3) is 1.27. The van der Waals surface area contributed by atoms with E-state index in [9.17, 15) is 0 Å². The zero-order valence-electron chi connectivity index (χ0n) is 10.2. The van der Waals surface area contributed by atoms with Gasteiger partial charge in [0, 0.05) is 30.6 Å². The van der Waals surface area contributed by atoms with Gasteiger partial charge in [-0.25, -0.2) is 5.48 Å². The van der Waals surface area contributed by atoms with Gasteiger partial charge in [0.1, 0.15) is 5.82 Å². The van der Waals surface area contributed by atoms with Crippen LogP contribution in [0.4, 0.5) is 5.82 Å². The van der Waals surface area contributed by atoms with Gasteiger partial charge in [0.15, 0.2) is 0 Å². The molecule has 0 saturated carbocycles. The van der Waals surface area contributed by atoms with Crippen LogP contribution in [0.2, 0.25) is 0 Å². The molecule has 3 N–H and O–H groups in total. The van der Waals surface area contributed by atoms with E-state index in [4.69, 9.17) is 5.21 Å². The molecule has 1 aromatic carbocycles. The fraction of sp³-hybridized carbons (Fsp3) is 0.429. The van der Waals surface area contributed by atoms with Crippen LogP contribution >= 0.6 is 0 Å². The van der Waals surface area contributed by atoms with Gasteiger partial charge in [-0.1, -0.05) is 18.2 Å². The highest BCUT2D eigenvalue weighted by Gasteiger charge is 2.33. The Hall–Kier alpha value is -1.52. The molecule has 0 amide bonds. The first-order valence-electron chi connectivity index (χ1n) is 6.64. The predicted molar refractivity (Wildman–Crippen MR) is 71.1 cm³/mol. The zero-order valence-corrected chi connectivity index (χ0v) is 10.2. The number of nitrogens with zero attached hydrogens (tertiary/aromatic N) is 1. The van der Waals surface area contributed by atoms with Crippen molar-refractivity contribution in [2.75, 3.05) is 18.0 Å². The average Bonchev–Trinajstić information content (AvgIpc) is 2.83. The normalized spacial score (nSPS) is 18.6. The Balaban J connectivity index is 1.98. The number of fused-ring (bicyclic) bond motifs is 3. The summed E-state index contributed by atoms with van der Waals surface area (Å²) >= 11 is 0. The number of anilines is 1. The van der Waals surface area contributed by atoms with Gasteiger partial charge in [-0.15, -0.1) is 0 Å². The maximum Gasteiger partial charge on any atom is 0.110 e. The van der Waals surface area contributed by atoms with Crippen molar-refractivity contribution in [1.82, 2.24) is 10.5 Å². The lowest BCUT2D eigenvalue weighted by Gasteiger charge is -2.40. The molecule has 3 aliphatic rings. The molecule has 0 unspecified atom stereocenters. The smallest absolute Gasteiger partial charge is 0.110 e. The number of nitrogens with one attached hydrogen (secondary N) is 2. The molecular formula is C14H17N3O. The van der Waals surface area contributed by atoms with Crippen LogP contribution in [0.3, 0.4) is 0 Å². The molecule has 0 aliphatic carbocycles. The molecule has 0 radical (unpaired) electrons. The molecule has 94 valence electrons. The van der Waals surface area contributed by atoms with Crippen molar-refractivity contribution in [1.29, 1.82) is 0 Å². The highest BCUT2D eigenvalue weighted by molar-refractivity contribution is 5.92. The largest absolute Gasteiger partial charge is 0.358 e. The van der Waals surface area contributed by atoms with Crippen LogP contribution in [-0.2, 0) is 6.54 Å². The molecule has 1 saturated heterocycles. The third-order valence-corrected chi connectivity index (χ3v) is 4.43. The van der Waals surface area contributed by atoms with E-state index in [1.165, 1.54) is 48.2 Å². The Morgan fingerprint density at radius 2 is 2.17 bits per heavy atom. The van der Waals surface area contributed by atoms with Gasteiger partial charge in [-0.3, -0.25) is 0 Å². The molecule has 4 nitrogen and oxygen atoms in total. The Labute approximate surface area is 106 Å². The van der Waals surface area contributed by atoms with Gasteiger partial charge >= 0.3 is 0 Å². The van der Waals surface area contributed by atoms with Crippen LogP contribution in [0.15, 0.2) is 18.2 Å². The number of para-hydroxylation sites is 1. The molecule has 0 atom stereocenters. The summed E-state index contributed by atoms with van der Waals surface area (Å²) in [6.07, 6.45) is 2.56. The van der Waals surface area contributed by atoms with E-state index in [-0.39, 0.29) is 0 Å². The summed E-state index contributed by atoms with van der Waals surface area (Å²) in [5.41, 5.74) is 6.08. The maximum absolute atomic E-state index is 8.92. The SMILES string of the molecule is ONCc1cccc2c3c([nH]c12)N1CCC3CC1. The molecule has 0 spiro atoms. The first-order valence-corrected chi connectivity index (χ1v) is 6.64. The quantitative estimate of drug-likeness (QED) is 0.710. The summed E-state index contributed by atoms with van der Waals surface area (Å²) in [6, 6.07) is 6.35. The van der Waals surface area contributed by atoms with Crippen LogP contribution in [0.25, 0.3) is 10.9 Å². The van der Waals surface area contributed by atoms with Gasteiger partial charge in [0.05, 0.1) is 5.52 Å². The van der Waals surface area contributed by atoms with Crippen molar-refractivity contribution in [2.45, 2.75) is 25.3 Å². The van der Waals surface area contributed by atoms with E-state index in [1.54, 1.807) is 0 Å². The molecule has 1 fully saturated rings. The van der Waals surface area contributed by atoms with Crippen molar-refractivity contribution in [3.63, 3.8) is 0 Å². The van der Waals surface area contributed by atoms with Crippen molar-refractivity contribution in [2.24, 2.45) is 0 Å². The molecule has 2 bridgehead atoms. The van der Waals surface area contributed by atoms with E-state index in [1.807, 2.05) is 0 Å². The summed E-state index contributed by atoms with van der Waals surface area (Å²) in [5, 5.41) is 10.3. The Kier molecular flexibility index (Phi) is 2.16. The van der Waals surface area contributed by atoms with Crippen LogP contribution in [0.1, 0.15) is 29.9 Å². The fourth-order valence-electron chi connectivity index (χ4n) is 3.57. The Morgan fingerprint density at radius 1 is 1.33 bits per heavy atom. The number of rotatable bonds is 2. The minimum Gasteiger partial charge on any atom is -0.358 e. The lowest BCUT2D eigenvalue weighted by Crippen LogP contribution is -2.38. The van der Waals surface area contributed by atoms with Gasteiger partial charge in [0.25, 0.3) is 0 Å². The van der Waals surface area contributed by atoms with E-state index in [2.05, 4.69) is 33.6 Å². The number of piperidine rings is 1. The number of benzene rings is 1. The molecular weight excluding hydrogens is 226 g/mol. The lowest BCUT2D eigenvalue weighted by molar-refractivity contribution is 0.161. The summed E-state index contributed by atoms with van der Waals surface area (Å²) < 4.78 is 0. The first kappa shape index (κ1) is 10.4. The number of H-pyrrole nitrogens is 1. The van der Waals surface area contributed by atoms with Crippen molar-refractivity contribution >= 4 is 16.7 Å². The highest BCUT2D eigenvalue weighted by Crippen LogP contribution is 2.46. The van der Waals surface area contributed by atoms with Gasteiger partial charge < -0.3 is 15.1 Å². The summed E-state index contributed by atoms with van der Waals surface area (Å²) in [5.74, 6) is 2.04. The summed E-state index contributed by atoms with van der Waals surface area (Å²) in [4.78, 5) is 6.04. The maximum atomic E-state index is 8.92. The van der Waals surface area contributed by atoms with E-state index in [0.29, 0.717) is 6.54 Å². The topological polar surface area (TPSA) is 51.3 Å². The second kappa shape index (κ2) is 3.73. The standard InChI is InChI=1S/C14H17N3O/c18-15-8-10-2-1-3-11-12-9-4-6-17(7-5-9)14(12)16-13(10)11/h1-3,9,15-16,18H,4-8H2. The van der Waals surface area contributed by atoms with Gasteiger partial charge in [-0.05, 0) is 24.3 Å². The van der Waals surface area contributed by atoms with Crippen molar-refractivity contribution in [3.05, 3.63) is 29.3 Å². The number of hydrogen-bond donors (Lipinski definition) is 3. The fourth-order valence-corrected chi connectivity index (χ4v) is 3.57. The second-order valence-electron chi connectivity index (χ2n) is 5.32. The summed E-state index contributed by atoms with van der Waals surface area (Å²) in [7, 11) is 0. The van der Waals surface area contributed by atoms with Crippen molar-refractivity contribution < 1.29 is 5.21 Å². The van der Waals surface area contributed by atoms with Crippen LogP contribution < -0.4 is 10.4 Å². The van der Waals surface area contributed by atoms with Crippen LogP contribution in [0, 0.1) is 0 Å². The molecule has 4 heteroatoms. The molecule has 5 rings (SSSR count). The molecule has 1 aromatic heterocycles. The first-order chi connectivity index (χ1) is 8.88. The number of hydroxylamine groups is 1. The minimum absolute atomic E-state index is 0.487. The van der Waals surface area contributed by atoms with E-state index in [0.717, 1.165) is 11.5 Å². The van der Waals surface area contributed by atoms with Gasteiger partial charge in [0.2, 0.25) is 0 Å². The lowest BCUT2D eigenvalue weighted by atomic mass is 9.84. The second-order valence-corrected chi connectivity index (χ2v) is 5.32. The van der Waals surface area contributed by atoms with Crippen molar-refractivity contribution in [3.8, 4) is 0 Å². The zero-order chi connectivity index (χ0) is 12.1. The highest BCUT2D eigenvalue weighted by atomic mass is 16.5. The number of aromatic amines is 1.